The molecule has 2 aromatic rings. The summed E-state index contributed by atoms with van der Waals surface area (Å²) >= 11 is 0. The Morgan fingerprint density at radius 1 is 1.21 bits per heavy atom. The summed E-state index contributed by atoms with van der Waals surface area (Å²) in [6, 6.07) is 6.42. The molecular formula is C28H41N6O8P. The molecule has 1 aromatic heterocycles. The number of carbonyl (C=O) groups is 1. The standard InChI is InChI=1S/C28H41N6O8P/c1-5-6-7-8-9-13-16-33-26(35)20(2)18-34(28(33)37)25-17-23(30-32-29)24(41-25)19-40-43(38,31-21(3)27(36)39-4)42-22-14-11-10-12-15-22/h10-12,14-15,18,21,23-25H,5-9,13,16-17,19H2,1-4H3,(H,31,38)/t21-,23-,24+,25+,43?/m0/s1. The van der Waals surface area contributed by atoms with E-state index in [1.165, 1.54) is 29.4 Å². The average Bonchev–Trinajstić information content (AvgIpc) is 3.39. The van der Waals surface area contributed by atoms with Crippen LogP contribution >= 0.6 is 7.75 Å². The van der Waals surface area contributed by atoms with E-state index < -0.39 is 43.8 Å². The SMILES string of the molecule is CCCCCCCCn1c(=O)c(C)cn([C@H]2C[C@H](N=[N+]=[N-])[C@@H](COP(=O)(N[C@@H](C)C(=O)OC)Oc3ccccc3)O2)c1=O. The Hall–Kier alpha value is -3.41. The van der Waals surface area contributed by atoms with Crippen molar-refractivity contribution in [1.29, 1.82) is 0 Å². The number of aryl methyl sites for hydroxylation is 1. The molecule has 1 aromatic carbocycles. The van der Waals surface area contributed by atoms with E-state index in [1.54, 1.807) is 37.3 Å². The number of benzene rings is 1. The molecule has 0 saturated carbocycles. The molecule has 1 aliphatic rings. The molecule has 2 heterocycles. The van der Waals surface area contributed by atoms with Gasteiger partial charge in [-0.1, -0.05) is 62.3 Å². The lowest BCUT2D eigenvalue weighted by molar-refractivity contribution is -0.142. The van der Waals surface area contributed by atoms with Crippen LogP contribution in [-0.4, -0.2) is 47.0 Å². The van der Waals surface area contributed by atoms with Gasteiger partial charge < -0.3 is 14.0 Å². The van der Waals surface area contributed by atoms with Gasteiger partial charge in [0.15, 0.2) is 0 Å². The Bertz CT molecular complexity index is 1420. The maximum absolute atomic E-state index is 13.7. The van der Waals surface area contributed by atoms with Crippen molar-refractivity contribution in [2.45, 2.75) is 96.7 Å². The van der Waals surface area contributed by atoms with Crippen molar-refractivity contribution in [2.24, 2.45) is 5.11 Å². The summed E-state index contributed by atoms with van der Waals surface area (Å²) in [4.78, 5) is 41.1. The van der Waals surface area contributed by atoms with E-state index in [9.17, 15) is 24.5 Å². The second kappa shape index (κ2) is 16.4. The van der Waals surface area contributed by atoms with Gasteiger partial charge in [-0.05, 0) is 37.9 Å². The quantitative estimate of drug-likeness (QED) is 0.0637. The Labute approximate surface area is 250 Å². The molecule has 15 heteroatoms. The molecule has 1 fully saturated rings. The van der Waals surface area contributed by atoms with Crippen molar-refractivity contribution in [3.63, 3.8) is 0 Å². The van der Waals surface area contributed by atoms with Crippen LogP contribution in [0.5, 0.6) is 5.75 Å². The van der Waals surface area contributed by atoms with Crippen LogP contribution in [0.1, 0.15) is 70.6 Å². The summed E-state index contributed by atoms with van der Waals surface area (Å²) in [5, 5.41) is 6.37. The van der Waals surface area contributed by atoms with Gasteiger partial charge in [0, 0.05) is 29.6 Å². The first-order valence-electron chi connectivity index (χ1n) is 14.5. The highest BCUT2D eigenvalue weighted by Gasteiger charge is 2.40. The van der Waals surface area contributed by atoms with Gasteiger partial charge in [0.2, 0.25) is 0 Å². The highest BCUT2D eigenvalue weighted by Crippen LogP contribution is 2.46. The molecule has 1 saturated heterocycles. The van der Waals surface area contributed by atoms with Crippen LogP contribution in [0.3, 0.4) is 0 Å². The second-order valence-electron chi connectivity index (χ2n) is 10.4. The maximum atomic E-state index is 13.7. The lowest BCUT2D eigenvalue weighted by Crippen LogP contribution is -2.42. The van der Waals surface area contributed by atoms with Crippen molar-refractivity contribution in [3.05, 3.63) is 73.4 Å². The van der Waals surface area contributed by atoms with Gasteiger partial charge in [-0.3, -0.25) is 23.2 Å². The molecule has 14 nitrogen and oxygen atoms in total. The third kappa shape index (κ3) is 9.54. The first-order valence-corrected chi connectivity index (χ1v) is 16.0. The van der Waals surface area contributed by atoms with Crippen LogP contribution < -0.4 is 20.9 Å². The van der Waals surface area contributed by atoms with E-state index in [1.807, 2.05) is 0 Å². The third-order valence-electron chi connectivity index (χ3n) is 7.10. The number of methoxy groups -OCH3 is 1. The summed E-state index contributed by atoms with van der Waals surface area (Å²) in [6.45, 7) is 5.13. The molecule has 0 aliphatic carbocycles. The zero-order chi connectivity index (χ0) is 31.4. The van der Waals surface area contributed by atoms with Crippen LogP contribution in [0.25, 0.3) is 10.4 Å². The molecule has 236 valence electrons. The largest absolute Gasteiger partial charge is 0.468 e. The summed E-state index contributed by atoms with van der Waals surface area (Å²) in [7, 11) is -2.99. The number of azide groups is 1. The van der Waals surface area contributed by atoms with E-state index in [4.69, 9.17) is 18.5 Å². The van der Waals surface area contributed by atoms with Crippen molar-refractivity contribution in [1.82, 2.24) is 14.2 Å². The lowest BCUT2D eigenvalue weighted by atomic mass is 10.1. The number of hydrogen-bond acceptors (Lipinski definition) is 9. The molecule has 43 heavy (non-hydrogen) atoms. The van der Waals surface area contributed by atoms with E-state index in [0.717, 1.165) is 32.1 Å². The number of ether oxygens (including phenoxy) is 2. The molecule has 1 aliphatic heterocycles. The van der Waals surface area contributed by atoms with Gasteiger partial charge in [-0.2, -0.15) is 5.09 Å². The predicted octanol–water partition coefficient (Wildman–Crippen LogP) is 5.00. The Kier molecular flexibility index (Phi) is 13.0. The molecule has 3 rings (SSSR count). The third-order valence-corrected chi connectivity index (χ3v) is 8.74. The first kappa shape index (κ1) is 34.1. The molecule has 0 amide bonds. The second-order valence-corrected chi connectivity index (χ2v) is 12.1. The van der Waals surface area contributed by atoms with Crippen molar-refractivity contribution < 1.29 is 27.9 Å². The van der Waals surface area contributed by atoms with Crippen LogP contribution in [0.15, 0.2) is 51.2 Å². The van der Waals surface area contributed by atoms with Crippen molar-refractivity contribution in [2.75, 3.05) is 13.7 Å². The maximum Gasteiger partial charge on any atom is 0.459 e. The Balaban J connectivity index is 1.79. The summed E-state index contributed by atoms with van der Waals surface area (Å²) in [5.41, 5.74) is 8.68. The van der Waals surface area contributed by atoms with Crippen LogP contribution in [0, 0.1) is 6.92 Å². The number of carbonyl (C=O) groups excluding carboxylic acids is 1. The van der Waals surface area contributed by atoms with E-state index in [0.29, 0.717) is 12.0 Å². The highest BCUT2D eigenvalue weighted by atomic mass is 31.2. The molecule has 5 atom stereocenters. The van der Waals surface area contributed by atoms with Gasteiger partial charge >= 0.3 is 19.4 Å². The average molecular weight is 621 g/mol. The number of unbranched alkanes of at least 4 members (excludes halogenated alkanes) is 5. The van der Waals surface area contributed by atoms with Crippen LogP contribution in [0.2, 0.25) is 0 Å². The number of esters is 1. The molecule has 1 N–H and O–H groups in total. The normalized spacial score (nSPS) is 20.1. The number of para-hydroxylation sites is 1. The van der Waals surface area contributed by atoms with Crippen molar-refractivity contribution in [3.8, 4) is 5.75 Å². The lowest BCUT2D eigenvalue weighted by Gasteiger charge is -2.24. The van der Waals surface area contributed by atoms with Gasteiger partial charge in [0.25, 0.3) is 5.56 Å². The number of rotatable bonds is 17. The summed E-state index contributed by atoms with van der Waals surface area (Å²) < 4.78 is 38.4. The van der Waals surface area contributed by atoms with Gasteiger partial charge in [-0.15, -0.1) is 0 Å². The van der Waals surface area contributed by atoms with E-state index in [2.05, 4.69) is 22.0 Å². The monoisotopic (exact) mass is 620 g/mol. The molecule has 0 bridgehead atoms. The van der Waals surface area contributed by atoms with Gasteiger partial charge in [-0.25, -0.2) is 9.36 Å². The number of aromatic nitrogens is 2. The molecule has 0 spiro atoms. The minimum atomic E-state index is -4.19. The predicted molar refractivity (Wildman–Crippen MR) is 160 cm³/mol. The fourth-order valence-corrected chi connectivity index (χ4v) is 6.29. The van der Waals surface area contributed by atoms with Gasteiger partial charge in [0.1, 0.15) is 18.0 Å². The van der Waals surface area contributed by atoms with E-state index >= 15 is 0 Å². The van der Waals surface area contributed by atoms with E-state index in [-0.39, 0.29) is 30.9 Å². The number of hydrogen-bond donors (Lipinski definition) is 1. The molecule has 0 radical (unpaired) electrons. The van der Waals surface area contributed by atoms with Crippen molar-refractivity contribution >= 4 is 13.7 Å². The smallest absolute Gasteiger partial charge is 0.459 e. The Morgan fingerprint density at radius 2 is 1.91 bits per heavy atom. The zero-order valence-electron chi connectivity index (χ0n) is 25.1. The van der Waals surface area contributed by atoms with Crippen LogP contribution in [-0.2, 0) is 29.9 Å². The number of nitrogens with zero attached hydrogens (tertiary/aromatic N) is 5. The molecule has 1 unspecified atom stereocenters. The minimum Gasteiger partial charge on any atom is -0.468 e. The highest BCUT2D eigenvalue weighted by molar-refractivity contribution is 7.52. The summed E-state index contributed by atoms with van der Waals surface area (Å²) in [5.74, 6) is -0.461. The zero-order valence-corrected chi connectivity index (χ0v) is 26.0. The summed E-state index contributed by atoms with van der Waals surface area (Å²) in [6.07, 6.45) is 5.80. The van der Waals surface area contributed by atoms with Gasteiger partial charge in [0.05, 0.1) is 25.9 Å². The molecular weight excluding hydrogens is 579 g/mol. The minimum absolute atomic E-state index is 0.114. The first-order chi connectivity index (χ1) is 20.6. The number of nitrogens with one attached hydrogen (secondary N) is 1. The topological polar surface area (TPSA) is 176 Å². The Morgan fingerprint density at radius 3 is 2.58 bits per heavy atom. The fraction of sp³-hybridized carbons (Fsp3) is 0.607. The fourth-order valence-electron chi connectivity index (χ4n) is 4.78. The van der Waals surface area contributed by atoms with Crippen LogP contribution in [0.4, 0.5) is 0 Å².